The molecular formula is C18H13F3N2O8. The fraction of sp³-hybridized carbons (Fsp3) is 0.278. The van der Waals surface area contributed by atoms with Gasteiger partial charge in [-0.15, -0.1) is 0 Å². The summed E-state index contributed by atoms with van der Waals surface area (Å²) in [5.41, 5.74) is -3.30. The van der Waals surface area contributed by atoms with Gasteiger partial charge >= 0.3 is 17.8 Å². The second-order valence-corrected chi connectivity index (χ2v) is 6.37. The number of ether oxygens (including phenoxy) is 3. The molecule has 1 unspecified atom stereocenters. The number of rotatable bonds is 6. The molecule has 1 heterocycles. The average Bonchev–Trinajstić information content (AvgIpc) is 3.20. The van der Waals surface area contributed by atoms with Crippen molar-refractivity contribution >= 4 is 17.3 Å². The van der Waals surface area contributed by atoms with E-state index in [4.69, 9.17) is 14.2 Å². The van der Waals surface area contributed by atoms with Gasteiger partial charge in [-0.2, -0.15) is 13.2 Å². The van der Waals surface area contributed by atoms with Crippen molar-refractivity contribution in [1.82, 2.24) is 0 Å². The first kappa shape index (κ1) is 22.0. The summed E-state index contributed by atoms with van der Waals surface area (Å²) in [6, 6.07) is 4.54. The van der Waals surface area contributed by atoms with Gasteiger partial charge in [-0.1, -0.05) is 0 Å². The molecule has 1 fully saturated rings. The lowest BCUT2D eigenvalue weighted by atomic mass is 10.1. The minimum atomic E-state index is -4.81. The van der Waals surface area contributed by atoms with Gasteiger partial charge in [0.25, 0.3) is 5.69 Å². The van der Waals surface area contributed by atoms with Gasteiger partial charge in [-0.25, -0.2) is 4.79 Å². The highest BCUT2D eigenvalue weighted by molar-refractivity contribution is 5.94. The van der Waals surface area contributed by atoms with Crippen LogP contribution in [0.15, 0.2) is 36.4 Å². The molecule has 31 heavy (non-hydrogen) atoms. The standard InChI is InChI=1S/C18H13F3N2O8/c19-18(20,21)10-1-4-16(15(7-10)23(27)28)30-11-2-3-14(22(25)26)13(8-11)17(24)31-12-5-6-29-9-12/h1-4,7-8,12H,5-6,9H2. The minimum absolute atomic E-state index is 0.132. The summed E-state index contributed by atoms with van der Waals surface area (Å²) < 4.78 is 54.0. The quantitative estimate of drug-likeness (QED) is 0.368. The van der Waals surface area contributed by atoms with Crippen LogP contribution < -0.4 is 4.74 Å². The maximum Gasteiger partial charge on any atom is 0.416 e. The summed E-state index contributed by atoms with van der Waals surface area (Å²) >= 11 is 0. The third-order valence-electron chi connectivity index (χ3n) is 4.26. The number of carbonyl (C=O) groups is 1. The number of hydrogen-bond donors (Lipinski definition) is 0. The molecule has 0 aromatic heterocycles. The van der Waals surface area contributed by atoms with E-state index < -0.39 is 56.3 Å². The van der Waals surface area contributed by atoms with Crippen LogP contribution in [0.4, 0.5) is 24.5 Å². The fourth-order valence-corrected chi connectivity index (χ4v) is 2.77. The first-order valence-electron chi connectivity index (χ1n) is 8.67. The van der Waals surface area contributed by atoms with Gasteiger partial charge in [0.05, 0.1) is 28.6 Å². The van der Waals surface area contributed by atoms with E-state index in [1.165, 1.54) is 0 Å². The van der Waals surface area contributed by atoms with E-state index in [0.29, 0.717) is 25.2 Å². The van der Waals surface area contributed by atoms with E-state index in [9.17, 15) is 38.2 Å². The third-order valence-corrected chi connectivity index (χ3v) is 4.26. The highest BCUT2D eigenvalue weighted by atomic mass is 19.4. The van der Waals surface area contributed by atoms with Crippen molar-refractivity contribution in [3.63, 3.8) is 0 Å². The van der Waals surface area contributed by atoms with Gasteiger partial charge in [0, 0.05) is 24.6 Å². The number of alkyl halides is 3. The Hall–Kier alpha value is -3.74. The molecule has 0 amide bonds. The van der Waals surface area contributed by atoms with Crippen LogP contribution in [0.25, 0.3) is 0 Å². The molecule has 2 aromatic carbocycles. The highest BCUT2D eigenvalue weighted by Gasteiger charge is 2.34. The van der Waals surface area contributed by atoms with Crippen LogP contribution in [-0.4, -0.2) is 35.1 Å². The topological polar surface area (TPSA) is 131 Å². The number of benzene rings is 2. The average molecular weight is 442 g/mol. The number of nitro benzene ring substituents is 2. The Morgan fingerprint density at radius 3 is 2.35 bits per heavy atom. The summed E-state index contributed by atoms with van der Waals surface area (Å²) in [5, 5.41) is 22.4. The maximum atomic E-state index is 12.8. The number of hydrogen-bond acceptors (Lipinski definition) is 8. The van der Waals surface area contributed by atoms with Crippen LogP contribution in [-0.2, 0) is 15.7 Å². The molecule has 0 radical (unpaired) electrons. The lowest BCUT2D eigenvalue weighted by molar-refractivity contribution is -0.385. The maximum absolute atomic E-state index is 12.8. The first-order chi connectivity index (χ1) is 14.6. The Morgan fingerprint density at radius 2 is 1.77 bits per heavy atom. The van der Waals surface area contributed by atoms with Crippen LogP contribution >= 0.6 is 0 Å². The van der Waals surface area contributed by atoms with Gasteiger partial charge in [-0.05, 0) is 18.2 Å². The number of carbonyl (C=O) groups excluding carboxylic acids is 1. The predicted octanol–water partition coefficient (Wildman–Crippen LogP) is 4.26. The molecule has 1 saturated heterocycles. The van der Waals surface area contributed by atoms with Gasteiger partial charge in [0.15, 0.2) is 0 Å². The summed E-state index contributed by atoms with van der Waals surface area (Å²) in [7, 11) is 0. The lowest BCUT2D eigenvalue weighted by Gasteiger charge is -2.12. The van der Waals surface area contributed by atoms with E-state index >= 15 is 0 Å². The van der Waals surface area contributed by atoms with Gasteiger partial charge in [0.2, 0.25) is 5.75 Å². The second-order valence-electron chi connectivity index (χ2n) is 6.37. The highest BCUT2D eigenvalue weighted by Crippen LogP contribution is 2.38. The number of halogens is 3. The summed E-state index contributed by atoms with van der Waals surface area (Å²) in [6.07, 6.45) is -4.99. The molecule has 164 valence electrons. The molecule has 1 aliphatic rings. The molecule has 3 rings (SSSR count). The zero-order valence-electron chi connectivity index (χ0n) is 15.5. The Morgan fingerprint density at radius 1 is 1.06 bits per heavy atom. The normalized spacial score (nSPS) is 16.0. The largest absolute Gasteiger partial charge is 0.456 e. The van der Waals surface area contributed by atoms with Crippen molar-refractivity contribution in [3.8, 4) is 11.5 Å². The van der Waals surface area contributed by atoms with Crippen molar-refractivity contribution < 1.29 is 42.0 Å². The molecule has 0 bridgehead atoms. The summed E-state index contributed by atoms with van der Waals surface area (Å²) in [5.74, 6) is -1.83. The number of nitrogens with zero attached hydrogens (tertiary/aromatic N) is 2. The van der Waals surface area contributed by atoms with Crippen molar-refractivity contribution in [2.75, 3.05) is 13.2 Å². The van der Waals surface area contributed by atoms with E-state index in [1.54, 1.807) is 0 Å². The Labute approximate surface area is 171 Å². The third kappa shape index (κ3) is 5.06. The second kappa shape index (κ2) is 8.55. The molecule has 0 saturated carbocycles. The zero-order valence-corrected chi connectivity index (χ0v) is 15.5. The van der Waals surface area contributed by atoms with Crippen LogP contribution in [0.5, 0.6) is 11.5 Å². The van der Waals surface area contributed by atoms with Crippen molar-refractivity contribution in [1.29, 1.82) is 0 Å². The summed E-state index contributed by atoms with van der Waals surface area (Å²) in [4.78, 5) is 32.9. The molecule has 0 N–H and O–H groups in total. The smallest absolute Gasteiger partial charge is 0.416 e. The molecule has 1 aliphatic heterocycles. The molecule has 10 nitrogen and oxygen atoms in total. The van der Waals surface area contributed by atoms with Crippen molar-refractivity contribution in [2.24, 2.45) is 0 Å². The van der Waals surface area contributed by atoms with Crippen LogP contribution in [0.2, 0.25) is 0 Å². The summed E-state index contributed by atoms with van der Waals surface area (Å²) in [6.45, 7) is 0.494. The SMILES string of the molecule is O=C(OC1CCOC1)c1cc(Oc2ccc(C(F)(F)F)cc2[N+](=O)[O-])ccc1[N+](=O)[O-]. The minimum Gasteiger partial charge on any atom is -0.456 e. The van der Waals surface area contributed by atoms with Crippen LogP contribution in [0, 0.1) is 20.2 Å². The van der Waals surface area contributed by atoms with Crippen LogP contribution in [0.3, 0.4) is 0 Å². The van der Waals surface area contributed by atoms with Crippen molar-refractivity contribution in [3.05, 3.63) is 67.8 Å². The molecule has 0 aliphatic carbocycles. The Balaban J connectivity index is 1.94. The van der Waals surface area contributed by atoms with E-state index in [1.807, 2.05) is 0 Å². The zero-order chi connectivity index (χ0) is 22.8. The fourth-order valence-electron chi connectivity index (χ4n) is 2.77. The molecule has 2 aromatic rings. The van der Waals surface area contributed by atoms with Gasteiger partial charge < -0.3 is 14.2 Å². The molecule has 0 spiro atoms. The van der Waals surface area contributed by atoms with Gasteiger partial charge in [-0.3, -0.25) is 20.2 Å². The van der Waals surface area contributed by atoms with E-state index in [0.717, 1.165) is 24.3 Å². The Bertz CT molecular complexity index is 1030. The lowest BCUT2D eigenvalue weighted by Crippen LogP contribution is -2.19. The van der Waals surface area contributed by atoms with Crippen LogP contribution in [0.1, 0.15) is 22.3 Å². The van der Waals surface area contributed by atoms with E-state index in [-0.39, 0.29) is 12.4 Å². The molecule has 13 heteroatoms. The number of esters is 1. The van der Waals surface area contributed by atoms with Crippen molar-refractivity contribution in [2.45, 2.75) is 18.7 Å². The van der Waals surface area contributed by atoms with Gasteiger partial charge in [0.1, 0.15) is 17.4 Å². The van der Waals surface area contributed by atoms with E-state index in [2.05, 4.69) is 0 Å². The number of nitro groups is 2. The first-order valence-corrected chi connectivity index (χ1v) is 8.67. The monoisotopic (exact) mass is 442 g/mol. The molecular weight excluding hydrogens is 429 g/mol. The molecule has 1 atom stereocenters. The Kier molecular flexibility index (Phi) is 6.06. The predicted molar refractivity (Wildman–Crippen MR) is 95.9 cm³/mol.